The van der Waals surface area contributed by atoms with Crippen LogP contribution in [0.5, 0.6) is 0 Å². The first kappa shape index (κ1) is 132. The summed E-state index contributed by atoms with van der Waals surface area (Å²) in [5.74, 6) is -1.09. The average Bonchev–Trinajstić information content (AvgIpc) is 0.840. The fraction of sp³-hybridized carbons (Fsp3) is 0.279. The number of benzene rings is 13. The molecule has 0 saturated heterocycles. The Hall–Kier alpha value is -9.11. The highest BCUT2D eigenvalue weighted by Gasteiger charge is 2.39. The third-order valence-corrected chi connectivity index (χ3v) is 36.2. The Balaban J connectivity index is 0.000000461. The molecule has 0 radical (unpaired) electrons. The first-order valence-electron chi connectivity index (χ1n) is 46.5. The van der Waals surface area contributed by atoms with Gasteiger partial charge < -0.3 is 45.8 Å². The minimum atomic E-state index is -4.02. The van der Waals surface area contributed by atoms with Crippen molar-refractivity contribution in [3.63, 3.8) is 0 Å². The fourth-order valence-corrected chi connectivity index (χ4v) is 18.0. The van der Waals surface area contributed by atoms with Crippen LogP contribution in [0.2, 0.25) is 36.3 Å². The summed E-state index contributed by atoms with van der Waals surface area (Å²) in [5.41, 5.74) is 13.5. The molecule has 0 spiro atoms. The van der Waals surface area contributed by atoms with E-state index in [1.807, 2.05) is 317 Å². The third-order valence-electron chi connectivity index (χ3n) is 22.1. The number of rotatable bonds is 44. The Morgan fingerprint density at radius 3 is 0.660 bits per heavy atom. The second-order valence-electron chi connectivity index (χ2n) is 34.6. The van der Waals surface area contributed by atoms with Gasteiger partial charge in [0.25, 0.3) is 5.24 Å². The Morgan fingerprint density at radius 1 is 0.279 bits per heavy atom. The normalized spacial score (nSPS) is 11.3. The largest absolute Gasteiger partial charge is 0.478 e. The number of aromatic carboxylic acids is 1. The summed E-state index contributed by atoms with van der Waals surface area (Å²) in [6.45, 7) is 27.7. The smallest absolute Gasteiger partial charge is 0.475 e. The number of phosphoric acid groups is 4. The zero-order valence-electron chi connectivity index (χ0n) is 85.5. The number of phosphoric ester groups is 4. The number of carbonyl (C=O) groups is 2. The standard InChI is InChI=1S/C28H37O5PSi.C22H20ClO5P.C22H21O6P.C14H15O4P.C14H24O2Si.C8H10O2.C2H6.CH2Cl2.H3N.H2O.H3P/c1-28(2,3)35(4,5)33-23-27-19-13-12-18-26(27)22-32-34(29,30-20-24-14-8-6-9-15-24)31-21-25-16-10-7-11-17-25;2*23-22(24)21-14-8-7-13-20(21)17-28-29(25,26-15-18-9-3-1-4-10-18)27-16-19-11-5-2-6-12-19;15-19(16,17-11-13-7-3-1-4-8-13)18-12-14-9-5-2-6-10-14;1-14(2,3)17(4,5)16-11-13-9-7-6-8-12(13)10-15;9-5-7-3-1-2-4-8(7)6-10;1-2;2-1-3;;;/h6-19H,20-23H2,1-5H3;1-14H,15-17H2;1-14H,15-17H2,(H,23,24);1-10H,11-12H2,(H,15,16);6-9,15H,10-11H2,1-5H3;1-4,9-10H,5-6H2;1-2H3;1H2;1H3;1H2;1H3. The Labute approximate surface area is 887 Å². The molecule has 147 heavy (non-hydrogen) atoms. The van der Waals surface area contributed by atoms with Crippen LogP contribution in [0.25, 0.3) is 0 Å². The van der Waals surface area contributed by atoms with Crippen molar-refractivity contribution in [2.75, 3.05) is 5.34 Å². The second kappa shape index (κ2) is 70.9. The highest BCUT2D eigenvalue weighted by atomic mass is 35.5. The molecule has 796 valence electrons. The molecule has 0 heterocycles. The van der Waals surface area contributed by atoms with Crippen LogP contribution in [-0.4, -0.2) is 64.0 Å². The number of hydrogen-bond donors (Lipinski definition) is 6. The Kier molecular flexibility index (Phi) is 63.6. The fourth-order valence-electron chi connectivity index (χ4n) is 11.8. The van der Waals surface area contributed by atoms with E-state index in [2.05, 4.69) is 67.7 Å². The lowest BCUT2D eigenvalue weighted by Crippen LogP contribution is -2.40. The van der Waals surface area contributed by atoms with E-state index in [0.717, 1.165) is 77.9 Å². The zero-order chi connectivity index (χ0) is 105. The van der Waals surface area contributed by atoms with Gasteiger partial charge in [0.2, 0.25) is 0 Å². The molecule has 13 rings (SSSR count). The zero-order valence-corrected chi connectivity index (χ0v) is 94.8. The third kappa shape index (κ3) is 51.5. The molecule has 0 bridgehead atoms. The van der Waals surface area contributed by atoms with E-state index in [1.54, 1.807) is 54.6 Å². The van der Waals surface area contributed by atoms with Crippen molar-refractivity contribution in [2.24, 2.45) is 0 Å². The molecule has 0 amide bonds. The van der Waals surface area contributed by atoms with Crippen LogP contribution in [-0.2, 0) is 183 Å². The minimum absolute atomic E-state index is 0. The molecule has 0 fully saturated rings. The van der Waals surface area contributed by atoms with Crippen LogP contribution < -0.4 is 6.15 Å². The molecule has 0 aromatic heterocycles. The van der Waals surface area contributed by atoms with Gasteiger partial charge in [-0.1, -0.05) is 407 Å². The molecule has 13 aromatic rings. The summed E-state index contributed by atoms with van der Waals surface area (Å²) in [6.07, 6.45) is 0. The molecule has 0 aliphatic rings. The van der Waals surface area contributed by atoms with Crippen LogP contribution in [0.1, 0.15) is 165 Å². The van der Waals surface area contributed by atoms with Crippen molar-refractivity contribution in [1.82, 2.24) is 6.15 Å². The summed E-state index contributed by atoms with van der Waals surface area (Å²) in [5, 5.41) is 36.0. The van der Waals surface area contributed by atoms with Crippen molar-refractivity contribution in [1.29, 1.82) is 0 Å². The van der Waals surface area contributed by atoms with E-state index in [0.29, 0.717) is 24.3 Å². The van der Waals surface area contributed by atoms with Gasteiger partial charge in [0, 0.05) is 5.56 Å². The molecule has 36 heteroatoms. The first-order chi connectivity index (χ1) is 68.9. The van der Waals surface area contributed by atoms with Gasteiger partial charge in [0.1, 0.15) is 0 Å². The topological polar surface area (TPSA) is 390 Å². The quantitative estimate of drug-likeness (QED) is 0.00894. The van der Waals surface area contributed by atoms with Gasteiger partial charge in [-0.25, -0.2) is 23.1 Å². The van der Waals surface area contributed by atoms with Gasteiger partial charge in [0.05, 0.1) is 117 Å². The molecule has 13 aromatic carbocycles. The van der Waals surface area contributed by atoms with Gasteiger partial charge in [-0.2, -0.15) is 9.90 Å². The maximum atomic E-state index is 13.6. The molecule has 26 nitrogen and oxygen atoms in total. The van der Waals surface area contributed by atoms with E-state index in [1.165, 1.54) is 6.07 Å². The second-order valence-corrected chi connectivity index (χ2v) is 51.8. The van der Waals surface area contributed by atoms with Crippen molar-refractivity contribution in [3.8, 4) is 0 Å². The summed E-state index contributed by atoms with van der Waals surface area (Å²) >= 11 is 15.1. The summed E-state index contributed by atoms with van der Waals surface area (Å²) in [4.78, 5) is 32.5. The molecular formula is C111H143Cl3NO25P5Si2. The van der Waals surface area contributed by atoms with Gasteiger partial charge in [-0.05, 0) is 149 Å². The Morgan fingerprint density at radius 2 is 0.442 bits per heavy atom. The van der Waals surface area contributed by atoms with Crippen molar-refractivity contribution < 1.29 is 117 Å². The average molecular weight is 2210 g/mol. The molecule has 0 aliphatic heterocycles. The maximum absolute atomic E-state index is 13.6. The highest BCUT2D eigenvalue weighted by molar-refractivity contribution is 7.49. The number of halogens is 3. The van der Waals surface area contributed by atoms with E-state index in [-0.39, 0.29) is 141 Å². The molecule has 10 N–H and O–H groups in total. The maximum Gasteiger partial charge on any atom is 0.475 e. The minimum Gasteiger partial charge on any atom is -0.478 e. The lowest BCUT2D eigenvalue weighted by Gasteiger charge is -2.36. The molecular weight excluding hydrogens is 2060 g/mol. The number of carbonyl (C=O) groups excluding carboxylic acids is 1. The summed E-state index contributed by atoms with van der Waals surface area (Å²) in [7, 11) is -19.4. The van der Waals surface area contributed by atoms with E-state index < -0.39 is 59.1 Å². The lowest BCUT2D eigenvalue weighted by molar-refractivity contribution is 0.0686. The van der Waals surface area contributed by atoms with Crippen LogP contribution in [0.3, 0.4) is 0 Å². The van der Waals surface area contributed by atoms with Gasteiger partial charge in [-0.15, -0.1) is 23.2 Å². The molecule has 0 aliphatic carbocycles. The number of hydrogen-bond acceptors (Lipinski definition) is 23. The first-order valence-corrected chi connectivity index (χ1v) is 59.6. The number of alkyl halides is 2. The number of aliphatic hydroxyl groups is 3. The van der Waals surface area contributed by atoms with Crippen LogP contribution >= 0.6 is 76.0 Å². The number of carboxylic acid groups (broad SMARTS) is 1. The van der Waals surface area contributed by atoms with Gasteiger partial charge in [0.15, 0.2) is 16.6 Å². The van der Waals surface area contributed by atoms with Gasteiger partial charge >= 0.3 is 37.3 Å². The van der Waals surface area contributed by atoms with Crippen LogP contribution in [0.4, 0.5) is 0 Å². The monoisotopic (exact) mass is 2210 g/mol. The predicted octanol–water partition coefficient (Wildman–Crippen LogP) is 29.6. The Bertz CT molecular complexity index is 5630. The number of carboxylic acids is 1. The number of aliphatic hydroxyl groups excluding tert-OH is 3. The van der Waals surface area contributed by atoms with Crippen LogP contribution in [0.15, 0.2) is 364 Å². The van der Waals surface area contributed by atoms with E-state index in [9.17, 15) is 43.0 Å². The van der Waals surface area contributed by atoms with E-state index in [4.69, 9.17) is 104 Å². The van der Waals surface area contributed by atoms with E-state index >= 15 is 0 Å². The lowest BCUT2D eigenvalue weighted by atomic mass is 10.1. The van der Waals surface area contributed by atoms with Gasteiger partial charge in [-0.3, -0.25) is 54.6 Å². The summed E-state index contributed by atoms with van der Waals surface area (Å²) < 4.78 is 125. The predicted molar refractivity (Wildman–Crippen MR) is 596 cm³/mol. The molecule has 1 unspecified atom stereocenters. The highest BCUT2D eigenvalue weighted by Crippen LogP contribution is 2.55. The summed E-state index contributed by atoms with van der Waals surface area (Å²) in [6, 6.07) is 111. The SMILES string of the molecule is CC.CC(C)(C)[Si](C)(C)OCc1ccccc1CO.CC(C)(C)[Si](C)(C)OCc1ccccc1COP(=O)(OCc1ccccc1)OCc1ccccc1.ClCCl.N.O.O=C(Cl)c1ccccc1COP(=O)(OCc1ccccc1)OCc1ccccc1.O=C(O)c1ccccc1COP(=O)(OCc1ccccc1)OCc1ccccc1.O=P(O)(OCc1ccccc1)OCc1ccccc1.OCc1ccccc1CO.P. The van der Waals surface area contributed by atoms with Crippen LogP contribution in [0, 0.1) is 0 Å². The molecule has 0 saturated carbocycles. The van der Waals surface area contributed by atoms with Crippen molar-refractivity contribution in [3.05, 3.63) is 464 Å². The van der Waals surface area contributed by atoms with Crippen molar-refractivity contribution >= 4 is 104 Å². The molecule has 1 atom stereocenters. The van der Waals surface area contributed by atoms with Crippen molar-refractivity contribution in [2.45, 2.75) is 197 Å².